The van der Waals surface area contributed by atoms with E-state index in [2.05, 4.69) is 22.2 Å². The molecule has 4 nitrogen and oxygen atoms in total. The van der Waals surface area contributed by atoms with Crippen molar-refractivity contribution in [1.29, 1.82) is 0 Å². The standard InChI is InChI=1S/C13H17N3OS2/c1-2-18-10-3-5-13(10,17)7-14-11-9-4-6-19-12(9)16-8-15-11/h4,6,8,10,17H,2-3,5,7H2,1H3,(H,14,15,16). The van der Waals surface area contributed by atoms with E-state index in [0.29, 0.717) is 11.8 Å². The van der Waals surface area contributed by atoms with Crippen molar-refractivity contribution in [2.24, 2.45) is 0 Å². The molecule has 0 aromatic carbocycles. The highest BCUT2D eigenvalue weighted by molar-refractivity contribution is 8.00. The van der Waals surface area contributed by atoms with Crippen molar-refractivity contribution in [2.75, 3.05) is 17.6 Å². The summed E-state index contributed by atoms with van der Waals surface area (Å²) in [4.78, 5) is 9.49. The second-order valence-electron chi connectivity index (χ2n) is 4.80. The number of fused-ring (bicyclic) bond motifs is 1. The van der Waals surface area contributed by atoms with Gasteiger partial charge in [0.2, 0.25) is 0 Å². The average molecular weight is 295 g/mol. The van der Waals surface area contributed by atoms with E-state index >= 15 is 0 Å². The first-order chi connectivity index (χ1) is 9.23. The predicted octanol–water partition coefficient (Wildman–Crippen LogP) is 2.75. The molecule has 3 rings (SSSR count). The SMILES string of the molecule is CCSC1CCC1(O)CNc1ncnc2sccc12. The van der Waals surface area contributed by atoms with Crippen molar-refractivity contribution in [3.8, 4) is 0 Å². The Hall–Kier alpha value is -0.850. The van der Waals surface area contributed by atoms with Crippen LogP contribution in [0.15, 0.2) is 17.8 Å². The lowest BCUT2D eigenvalue weighted by molar-refractivity contribution is -0.0120. The van der Waals surface area contributed by atoms with Crippen LogP contribution in [0.4, 0.5) is 5.82 Å². The molecule has 1 saturated carbocycles. The third-order valence-electron chi connectivity index (χ3n) is 3.63. The zero-order valence-corrected chi connectivity index (χ0v) is 12.4. The van der Waals surface area contributed by atoms with Crippen LogP contribution < -0.4 is 5.32 Å². The summed E-state index contributed by atoms with van der Waals surface area (Å²) in [5.74, 6) is 1.88. The second kappa shape index (κ2) is 5.26. The maximum absolute atomic E-state index is 10.6. The molecular formula is C13H17N3OS2. The Labute approximate surface area is 120 Å². The lowest BCUT2D eigenvalue weighted by atomic mass is 9.79. The van der Waals surface area contributed by atoms with E-state index in [9.17, 15) is 5.11 Å². The first-order valence-electron chi connectivity index (χ1n) is 6.49. The van der Waals surface area contributed by atoms with E-state index in [1.54, 1.807) is 17.7 Å². The molecule has 6 heteroatoms. The van der Waals surface area contributed by atoms with Gasteiger partial charge in [0.15, 0.2) is 0 Å². The van der Waals surface area contributed by atoms with Crippen LogP contribution in [0.5, 0.6) is 0 Å². The molecule has 1 aliphatic carbocycles. The summed E-state index contributed by atoms with van der Waals surface area (Å²) in [5.41, 5.74) is -0.589. The van der Waals surface area contributed by atoms with Gasteiger partial charge in [0.25, 0.3) is 0 Å². The van der Waals surface area contributed by atoms with Crippen LogP contribution in [-0.4, -0.2) is 38.2 Å². The normalized spacial score (nSPS) is 26.3. The maximum Gasteiger partial charge on any atom is 0.138 e. The number of hydrogen-bond donors (Lipinski definition) is 2. The highest BCUT2D eigenvalue weighted by atomic mass is 32.2. The fourth-order valence-electron chi connectivity index (χ4n) is 2.40. The van der Waals surface area contributed by atoms with Gasteiger partial charge in [0.05, 0.1) is 11.0 Å². The molecule has 1 fully saturated rings. The molecule has 2 unspecified atom stereocenters. The molecule has 102 valence electrons. The molecule has 19 heavy (non-hydrogen) atoms. The van der Waals surface area contributed by atoms with Crippen molar-refractivity contribution < 1.29 is 5.11 Å². The molecule has 2 N–H and O–H groups in total. The highest BCUT2D eigenvalue weighted by Crippen LogP contribution is 2.41. The minimum absolute atomic E-state index is 0.352. The van der Waals surface area contributed by atoms with Crippen molar-refractivity contribution in [2.45, 2.75) is 30.6 Å². The van der Waals surface area contributed by atoms with Crippen molar-refractivity contribution in [3.63, 3.8) is 0 Å². The van der Waals surface area contributed by atoms with Crippen LogP contribution in [0.1, 0.15) is 19.8 Å². The molecule has 2 aromatic rings. The van der Waals surface area contributed by atoms with E-state index in [-0.39, 0.29) is 0 Å². The molecule has 0 spiro atoms. The molecule has 0 saturated heterocycles. The molecular weight excluding hydrogens is 278 g/mol. The first-order valence-corrected chi connectivity index (χ1v) is 8.42. The van der Waals surface area contributed by atoms with E-state index in [0.717, 1.165) is 34.6 Å². The Morgan fingerprint density at radius 1 is 1.58 bits per heavy atom. The topological polar surface area (TPSA) is 58.0 Å². The summed E-state index contributed by atoms with van der Waals surface area (Å²) in [6.45, 7) is 2.70. The van der Waals surface area contributed by atoms with Gasteiger partial charge in [-0.3, -0.25) is 0 Å². The first kappa shape index (κ1) is 13.1. The summed E-state index contributed by atoms with van der Waals surface area (Å²) < 4.78 is 0. The summed E-state index contributed by atoms with van der Waals surface area (Å²) in [6.07, 6.45) is 3.55. The van der Waals surface area contributed by atoms with Gasteiger partial charge in [-0.2, -0.15) is 11.8 Å². The summed E-state index contributed by atoms with van der Waals surface area (Å²) in [6, 6.07) is 2.02. The monoisotopic (exact) mass is 295 g/mol. The summed E-state index contributed by atoms with van der Waals surface area (Å²) >= 11 is 3.45. The van der Waals surface area contributed by atoms with Gasteiger partial charge in [-0.25, -0.2) is 9.97 Å². The van der Waals surface area contributed by atoms with E-state index in [1.165, 1.54) is 0 Å². The fourth-order valence-corrected chi connectivity index (χ4v) is 4.34. The molecule has 0 aliphatic heterocycles. The van der Waals surface area contributed by atoms with E-state index in [1.807, 2.05) is 23.2 Å². The third kappa shape index (κ3) is 2.44. The summed E-state index contributed by atoms with van der Waals surface area (Å²) in [5, 5.41) is 17.3. The van der Waals surface area contributed by atoms with Gasteiger partial charge >= 0.3 is 0 Å². The van der Waals surface area contributed by atoms with Gasteiger partial charge in [0, 0.05) is 11.8 Å². The number of hydrogen-bond acceptors (Lipinski definition) is 6. The molecule has 0 bridgehead atoms. The Morgan fingerprint density at radius 3 is 3.21 bits per heavy atom. The van der Waals surface area contributed by atoms with Gasteiger partial charge in [-0.1, -0.05) is 6.92 Å². The number of nitrogens with zero attached hydrogens (tertiary/aromatic N) is 2. The fraction of sp³-hybridized carbons (Fsp3) is 0.538. The molecule has 0 radical (unpaired) electrons. The van der Waals surface area contributed by atoms with Gasteiger partial charge < -0.3 is 10.4 Å². The van der Waals surface area contributed by atoms with E-state index < -0.39 is 5.60 Å². The molecule has 2 atom stereocenters. The zero-order valence-electron chi connectivity index (χ0n) is 10.8. The molecule has 0 amide bonds. The minimum Gasteiger partial charge on any atom is -0.387 e. The largest absolute Gasteiger partial charge is 0.387 e. The number of aliphatic hydroxyl groups is 1. The number of aromatic nitrogens is 2. The number of rotatable bonds is 5. The van der Waals surface area contributed by atoms with E-state index in [4.69, 9.17) is 0 Å². The third-order valence-corrected chi connectivity index (χ3v) is 5.86. The average Bonchev–Trinajstić information content (AvgIpc) is 2.89. The smallest absolute Gasteiger partial charge is 0.138 e. The number of anilines is 1. The number of thioether (sulfide) groups is 1. The Balaban J connectivity index is 1.71. The quantitative estimate of drug-likeness (QED) is 0.888. The van der Waals surface area contributed by atoms with Crippen LogP contribution >= 0.6 is 23.1 Å². The lowest BCUT2D eigenvalue weighted by Gasteiger charge is -2.45. The molecule has 1 aliphatic rings. The second-order valence-corrected chi connectivity index (χ2v) is 7.18. The Bertz CT molecular complexity index is 574. The minimum atomic E-state index is -0.589. The van der Waals surface area contributed by atoms with Crippen molar-refractivity contribution in [3.05, 3.63) is 17.8 Å². The predicted molar refractivity (Wildman–Crippen MR) is 82.0 cm³/mol. The van der Waals surface area contributed by atoms with Crippen molar-refractivity contribution >= 4 is 39.1 Å². The van der Waals surface area contributed by atoms with Crippen LogP contribution in [-0.2, 0) is 0 Å². The van der Waals surface area contributed by atoms with Gasteiger partial charge in [-0.15, -0.1) is 11.3 Å². The molecule has 2 aromatic heterocycles. The number of thiophene rings is 1. The van der Waals surface area contributed by atoms with Gasteiger partial charge in [0.1, 0.15) is 17.0 Å². The van der Waals surface area contributed by atoms with Crippen LogP contribution in [0.2, 0.25) is 0 Å². The summed E-state index contributed by atoms with van der Waals surface area (Å²) in [7, 11) is 0. The maximum atomic E-state index is 10.6. The Morgan fingerprint density at radius 2 is 2.47 bits per heavy atom. The van der Waals surface area contributed by atoms with Crippen molar-refractivity contribution in [1.82, 2.24) is 9.97 Å². The number of nitrogens with one attached hydrogen (secondary N) is 1. The Kier molecular flexibility index (Phi) is 3.64. The zero-order chi connectivity index (χ0) is 13.3. The highest BCUT2D eigenvalue weighted by Gasteiger charge is 2.45. The van der Waals surface area contributed by atoms with Gasteiger partial charge in [-0.05, 0) is 30.0 Å². The van der Waals surface area contributed by atoms with Crippen LogP contribution in [0.3, 0.4) is 0 Å². The van der Waals surface area contributed by atoms with Crippen LogP contribution in [0.25, 0.3) is 10.2 Å². The lowest BCUT2D eigenvalue weighted by Crippen LogP contribution is -2.54. The molecule has 2 heterocycles. The van der Waals surface area contributed by atoms with Crippen LogP contribution in [0, 0.1) is 0 Å².